The number of carbonyl (C=O) groups is 2. The van der Waals surface area contributed by atoms with E-state index in [1.807, 2.05) is 13.8 Å². The first-order chi connectivity index (χ1) is 7.90. The second-order valence-corrected chi connectivity index (χ2v) is 4.66. The summed E-state index contributed by atoms with van der Waals surface area (Å²) in [5.41, 5.74) is 0.303. The summed E-state index contributed by atoms with van der Waals surface area (Å²) in [6.45, 7) is 3.64. The maximum absolute atomic E-state index is 11.5. The molecule has 1 aromatic carbocycles. The molecule has 0 aromatic heterocycles. The molecule has 3 N–H and O–H groups in total. The fourth-order valence-electron chi connectivity index (χ4n) is 1.22. The highest BCUT2D eigenvalue weighted by Crippen LogP contribution is 2.21. The summed E-state index contributed by atoms with van der Waals surface area (Å²) < 4.78 is 0.643. The zero-order chi connectivity index (χ0) is 13.0. The molecular formula is C11H13BrN2O3. The lowest BCUT2D eigenvalue weighted by atomic mass is 10.2. The van der Waals surface area contributed by atoms with Crippen molar-refractivity contribution in [1.29, 1.82) is 0 Å². The van der Waals surface area contributed by atoms with E-state index in [0.717, 1.165) is 0 Å². The number of carboxylic acids is 1. The van der Waals surface area contributed by atoms with E-state index in [4.69, 9.17) is 5.11 Å². The number of anilines is 1. The Hall–Kier alpha value is -1.56. The summed E-state index contributed by atoms with van der Waals surface area (Å²) in [6, 6.07) is 4.20. The molecule has 0 aliphatic rings. The van der Waals surface area contributed by atoms with Gasteiger partial charge in [-0.1, -0.05) is 15.9 Å². The lowest BCUT2D eigenvalue weighted by Gasteiger charge is -2.12. The molecule has 0 aliphatic heterocycles. The molecule has 0 heterocycles. The Morgan fingerprint density at radius 2 is 2.00 bits per heavy atom. The van der Waals surface area contributed by atoms with Crippen LogP contribution < -0.4 is 10.6 Å². The molecule has 0 atom stereocenters. The van der Waals surface area contributed by atoms with Gasteiger partial charge in [0.05, 0.1) is 11.3 Å². The first-order valence-corrected chi connectivity index (χ1v) is 5.80. The fourth-order valence-corrected chi connectivity index (χ4v) is 1.58. The second kappa shape index (κ2) is 5.67. The van der Waals surface area contributed by atoms with Crippen molar-refractivity contribution < 1.29 is 14.7 Å². The van der Waals surface area contributed by atoms with Crippen molar-refractivity contribution in [3.05, 3.63) is 28.2 Å². The van der Waals surface area contributed by atoms with Crippen molar-refractivity contribution in [3.63, 3.8) is 0 Å². The van der Waals surface area contributed by atoms with Crippen LogP contribution in [0.2, 0.25) is 0 Å². The predicted octanol–water partition coefficient (Wildman–Crippen LogP) is 2.68. The monoisotopic (exact) mass is 300 g/mol. The third-order valence-electron chi connectivity index (χ3n) is 1.88. The van der Waals surface area contributed by atoms with Crippen molar-refractivity contribution >= 4 is 33.6 Å². The van der Waals surface area contributed by atoms with Crippen LogP contribution >= 0.6 is 15.9 Å². The van der Waals surface area contributed by atoms with Crippen LogP contribution in [0.3, 0.4) is 0 Å². The number of hydrogen-bond donors (Lipinski definition) is 3. The first kappa shape index (κ1) is 13.5. The molecule has 1 aromatic rings. The van der Waals surface area contributed by atoms with Crippen LogP contribution in [0, 0.1) is 0 Å². The van der Waals surface area contributed by atoms with Crippen LogP contribution in [0.5, 0.6) is 0 Å². The minimum absolute atomic E-state index is 0.0151. The molecule has 0 saturated carbocycles. The van der Waals surface area contributed by atoms with Gasteiger partial charge in [-0.2, -0.15) is 0 Å². The maximum Gasteiger partial charge on any atom is 0.337 e. The molecular weight excluding hydrogens is 288 g/mol. The van der Waals surface area contributed by atoms with Gasteiger partial charge in [0.25, 0.3) is 0 Å². The molecule has 1 rings (SSSR count). The van der Waals surface area contributed by atoms with Gasteiger partial charge in [-0.3, -0.25) is 0 Å². The molecule has 0 bridgehead atoms. The highest BCUT2D eigenvalue weighted by atomic mass is 79.9. The Morgan fingerprint density at radius 1 is 1.35 bits per heavy atom. The van der Waals surface area contributed by atoms with Crippen LogP contribution in [-0.4, -0.2) is 23.1 Å². The number of benzene rings is 1. The topological polar surface area (TPSA) is 78.4 Å². The maximum atomic E-state index is 11.5. The predicted molar refractivity (Wildman–Crippen MR) is 68.4 cm³/mol. The molecule has 17 heavy (non-hydrogen) atoms. The molecule has 92 valence electrons. The average molecular weight is 301 g/mol. The largest absolute Gasteiger partial charge is 0.478 e. The second-order valence-electron chi connectivity index (χ2n) is 3.75. The van der Waals surface area contributed by atoms with Crippen molar-refractivity contribution in [2.75, 3.05) is 5.32 Å². The molecule has 0 unspecified atom stereocenters. The van der Waals surface area contributed by atoms with Gasteiger partial charge in [0, 0.05) is 10.5 Å². The normalized spacial score (nSPS) is 10.1. The van der Waals surface area contributed by atoms with Gasteiger partial charge in [0.15, 0.2) is 0 Å². The van der Waals surface area contributed by atoms with Crippen molar-refractivity contribution in [2.45, 2.75) is 19.9 Å². The van der Waals surface area contributed by atoms with Gasteiger partial charge in [0.2, 0.25) is 0 Å². The quantitative estimate of drug-likeness (QED) is 0.803. The number of nitrogens with one attached hydrogen (secondary N) is 2. The standard InChI is InChI=1S/C11H13BrN2O3/c1-6(2)13-11(17)14-9-4-3-7(12)5-8(9)10(15)16/h3-6H,1-2H3,(H,15,16)(H2,13,14,17). The van der Waals surface area contributed by atoms with Crippen molar-refractivity contribution in [3.8, 4) is 0 Å². The third kappa shape index (κ3) is 4.07. The summed E-state index contributed by atoms with van der Waals surface area (Å²) in [6.07, 6.45) is 0. The Labute approximate surface area is 107 Å². The summed E-state index contributed by atoms with van der Waals surface area (Å²) in [7, 11) is 0. The van der Waals surface area contributed by atoms with Gasteiger partial charge >= 0.3 is 12.0 Å². The van der Waals surface area contributed by atoms with Crippen LogP contribution in [0.25, 0.3) is 0 Å². The lowest BCUT2D eigenvalue weighted by molar-refractivity contribution is 0.0698. The molecule has 0 spiro atoms. The van der Waals surface area contributed by atoms with E-state index in [9.17, 15) is 9.59 Å². The number of aromatic carboxylic acids is 1. The molecule has 6 heteroatoms. The average Bonchev–Trinajstić information content (AvgIpc) is 2.19. The fraction of sp³-hybridized carbons (Fsp3) is 0.273. The zero-order valence-corrected chi connectivity index (χ0v) is 11.0. The number of hydrogen-bond acceptors (Lipinski definition) is 2. The Morgan fingerprint density at radius 3 is 2.53 bits per heavy atom. The van der Waals surface area contributed by atoms with E-state index in [2.05, 4.69) is 26.6 Å². The first-order valence-electron chi connectivity index (χ1n) is 5.00. The van der Waals surface area contributed by atoms with Gasteiger partial charge in [-0.05, 0) is 32.0 Å². The zero-order valence-electron chi connectivity index (χ0n) is 9.45. The minimum atomic E-state index is -1.09. The van der Waals surface area contributed by atoms with E-state index in [1.165, 1.54) is 12.1 Å². The van der Waals surface area contributed by atoms with Crippen LogP contribution in [0.15, 0.2) is 22.7 Å². The van der Waals surface area contributed by atoms with Crippen LogP contribution in [0.1, 0.15) is 24.2 Å². The number of amides is 2. The highest BCUT2D eigenvalue weighted by Gasteiger charge is 2.13. The SMILES string of the molecule is CC(C)NC(=O)Nc1ccc(Br)cc1C(=O)O. The number of carbonyl (C=O) groups excluding carboxylic acids is 1. The number of halogens is 1. The molecule has 0 fully saturated rings. The van der Waals surface area contributed by atoms with Crippen molar-refractivity contribution in [1.82, 2.24) is 5.32 Å². The van der Waals surface area contributed by atoms with Gasteiger partial charge < -0.3 is 15.7 Å². The summed E-state index contributed by atoms with van der Waals surface area (Å²) in [4.78, 5) is 22.4. The van der Waals surface area contributed by atoms with Gasteiger partial charge in [-0.15, -0.1) is 0 Å². The lowest BCUT2D eigenvalue weighted by Crippen LogP contribution is -2.34. The molecule has 0 aliphatic carbocycles. The third-order valence-corrected chi connectivity index (χ3v) is 2.37. The van der Waals surface area contributed by atoms with Crippen molar-refractivity contribution in [2.24, 2.45) is 0 Å². The van der Waals surface area contributed by atoms with Crippen LogP contribution in [0.4, 0.5) is 10.5 Å². The molecule has 0 radical (unpaired) electrons. The van der Waals surface area contributed by atoms with Crippen LogP contribution in [-0.2, 0) is 0 Å². The smallest absolute Gasteiger partial charge is 0.337 e. The van der Waals surface area contributed by atoms with E-state index >= 15 is 0 Å². The Kier molecular flexibility index (Phi) is 4.51. The number of carboxylic acid groups (broad SMARTS) is 1. The Bertz CT molecular complexity index is 446. The van der Waals surface area contributed by atoms with E-state index in [0.29, 0.717) is 4.47 Å². The van der Waals surface area contributed by atoms with E-state index in [1.54, 1.807) is 6.07 Å². The molecule has 0 saturated heterocycles. The highest BCUT2D eigenvalue weighted by molar-refractivity contribution is 9.10. The number of rotatable bonds is 3. The molecule has 5 nitrogen and oxygen atoms in total. The summed E-state index contributed by atoms with van der Waals surface area (Å²) in [5.74, 6) is -1.09. The minimum Gasteiger partial charge on any atom is -0.478 e. The number of urea groups is 1. The van der Waals surface area contributed by atoms with Gasteiger partial charge in [-0.25, -0.2) is 9.59 Å². The van der Waals surface area contributed by atoms with Gasteiger partial charge in [0.1, 0.15) is 0 Å². The Balaban J connectivity index is 2.91. The molecule has 2 amide bonds. The van der Waals surface area contributed by atoms with E-state index in [-0.39, 0.29) is 17.3 Å². The summed E-state index contributed by atoms with van der Waals surface area (Å²) in [5, 5.41) is 14.1. The van der Waals surface area contributed by atoms with E-state index < -0.39 is 12.0 Å². The summed E-state index contributed by atoms with van der Waals surface area (Å²) >= 11 is 3.18.